The lowest BCUT2D eigenvalue weighted by molar-refractivity contribution is -0.0647. The van der Waals surface area contributed by atoms with E-state index in [1.807, 2.05) is 12.1 Å². The maximum atomic E-state index is 11.2. The maximum Gasteiger partial charge on any atom is 0.124 e. The Balaban J connectivity index is 2.46. The van der Waals surface area contributed by atoms with Crippen LogP contribution in [0.5, 0.6) is 5.75 Å². The van der Waals surface area contributed by atoms with Crippen LogP contribution in [-0.2, 0) is 5.60 Å². The average molecular weight is 262 g/mol. The van der Waals surface area contributed by atoms with Gasteiger partial charge in [0.25, 0.3) is 0 Å². The number of rotatable bonds is 2. The minimum atomic E-state index is -0.765. The Morgan fingerprint density at radius 2 is 1.95 bits per heavy atom. The van der Waals surface area contributed by atoms with Gasteiger partial charge in [-0.15, -0.1) is 0 Å². The van der Waals surface area contributed by atoms with Gasteiger partial charge in [-0.05, 0) is 49.7 Å². The molecule has 2 nitrogen and oxygen atoms in total. The summed E-state index contributed by atoms with van der Waals surface area (Å²) in [7, 11) is 1.68. The lowest BCUT2D eigenvalue weighted by atomic mass is 9.63. The van der Waals surface area contributed by atoms with Crippen molar-refractivity contribution in [1.29, 1.82) is 0 Å². The lowest BCUT2D eigenvalue weighted by Gasteiger charge is -2.45. The predicted molar refractivity (Wildman–Crippen MR) is 78.4 cm³/mol. The Hall–Kier alpha value is -1.02. The quantitative estimate of drug-likeness (QED) is 0.871. The second-order valence-electron chi connectivity index (χ2n) is 7.09. The summed E-state index contributed by atoms with van der Waals surface area (Å²) in [6, 6.07) is 6.07. The van der Waals surface area contributed by atoms with E-state index in [2.05, 4.69) is 33.8 Å². The van der Waals surface area contributed by atoms with E-state index >= 15 is 0 Å². The number of hydrogen-bond donors (Lipinski definition) is 1. The smallest absolute Gasteiger partial charge is 0.124 e. The highest BCUT2D eigenvalue weighted by Gasteiger charge is 2.44. The first-order chi connectivity index (χ1) is 8.76. The van der Waals surface area contributed by atoms with Crippen LogP contribution in [0.15, 0.2) is 18.2 Å². The molecule has 2 rings (SSSR count). The zero-order valence-electron chi connectivity index (χ0n) is 12.8. The summed E-state index contributed by atoms with van der Waals surface area (Å²) in [4.78, 5) is 0. The highest BCUT2D eigenvalue weighted by atomic mass is 16.5. The second-order valence-corrected chi connectivity index (χ2v) is 7.09. The molecular weight excluding hydrogens is 236 g/mol. The minimum absolute atomic E-state index is 0.168. The fraction of sp³-hybridized carbons (Fsp3) is 0.647. The summed E-state index contributed by atoms with van der Waals surface area (Å²) in [6.07, 6.45) is 2.78. The van der Waals surface area contributed by atoms with Crippen molar-refractivity contribution < 1.29 is 9.84 Å². The summed E-state index contributed by atoms with van der Waals surface area (Å²) < 4.78 is 5.46. The van der Waals surface area contributed by atoms with Crippen molar-refractivity contribution in [3.05, 3.63) is 29.3 Å². The third-order valence-electron chi connectivity index (χ3n) is 4.21. The second kappa shape index (κ2) is 4.82. The summed E-state index contributed by atoms with van der Waals surface area (Å²) >= 11 is 0. The van der Waals surface area contributed by atoms with Gasteiger partial charge in [0, 0.05) is 5.56 Å². The maximum absolute atomic E-state index is 11.2. The fourth-order valence-corrected chi connectivity index (χ4v) is 3.92. The van der Waals surface area contributed by atoms with E-state index in [-0.39, 0.29) is 5.41 Å². The molecular formula is C17H26O2. The van der Waals surface area contributed by atoms with Crippen LogP contribution in [0, 0.1) is 18.3 Å². The molecule has 19 heavy (non-hydrogen) atoms. The van der Waals surface area contributed by atoms with Crippen LogP contribution in [0.4, 0.5) is 0 Å². The molecule has 0 heterocycles. The van der Waals surface area contributed by atoms with Crippen molar-refractivity contribution in [3.63, 3.8) is 0 Å². The van der Waals surface area contributed by atoms with Crippen LogP contribution >= 0.6 is 0 Å². The molecule has 2 unspecified atom stereocenters. The number of methoxy groups -OCH3 is 1. The Morgan fingerprint density at radius 1 is 1.26 bits per heavy atom. The van der Waals surface area contributed by atoms with Crippen LogP contribution in [0.2, 0.25) is 0 Å². The van der Waals surface area contributed by atoms with Crippen LogP contribution in [-0.4, -0.2) is 12.2 Å². The molecule has 1 fully saturated rings. The molecule has 0 aliphatic heterocycles. The first-order valence-electron chi connectivity index (χ1n) is 7.13. The van der Waals surface area contributed by atoms with E-state index in [1.54, 1.807) is 7.11 Å². The van der Waals surface area contributed by atoms with E-state index in [1.165, 1.54) is 12.0 Å². The molecule has 106 valence electrons. The van der Waals surface area contributed by atoms with Crippen molar-refractivity contribution in [3.8, 4) is 5.75 Å². The highest BCUT2D eigenvalue weighted by molar-refractivity contribution is 5.41. The SMILES string of the molecule is COc1ccc(C)cc1C1(O)CC(C)CC(C)(C)C1. The van der Waals surface area contributed by atoms with Gasteiger partial charge in [0.05, 0.1) is 12.7 Å². The van der Waals surface area contributed by atoms with Crippen LogP contribution in [0.1, 0.15) is 51.2 Å². The molecule has 0 saturated heterocycles. The molecule has 0 bridgehead atoms. The fourth-order valence-electron chi connectivity index (χ4n) is 3.92. The molecule has 2 heteroatoms. The van der Waals surface area contributed by atoms with Crippen molar-refractivity contribution in [2.75, 3.05) is 7.11 Å². The Morgan fingerprint density at radius 3 is 2.53 bits per heavy atom. The Bertz CT molecular complexity index is 464. The number of benzene rings is 1. The monoisotopic (exact) mass is 262 g/mol. The highest BCUT2D eigenvalue weighted by Crippen LogP contribution is 2.50. The first-order valence-corrected chi connectivity index (χ1v) is 7.13. The third kappa shape index (κ3) is 2.94. The van der Waals surface area contributed by atoms with Crippen molar-refractivity contribution in [2.24, 2.45) is 11.3 Å². The molecule has 1 aromatic rings. The summed E-state index contributed by atoms with van der Waals surface area (Å²) in [5, 5.41) is 11.2. The zero-order chi connectivity index (χ0) is 14.3. The van der Waals surface area contributed by atoms with Gasteiger partial charge < -0.3 is 9.84 Å². The average Bonchev–Trinajstić information content (AvgIpc) is 2.25. The third-order valence-corrected chi connectivity index (χ3v) is 4.21. The van der Waals surface area contributed by atoms with E-state index < -0.39 is 5.60 Å². The van der Waals surface area contributed by atoms with Gasteiger partial charge in [0.15, 0.2) is 0 Å². The molecule has 1 N–H and O–H groups in total. The first kappa shape index (κ1) is 14.4. The van der Waals surface area contributed by atoms with Crippen molar-refractivity contribution in [2.45, 2.75) is 52.6 Å². The van der Waals surface area contributed by atoms with Gasteiger partial charge in [-0.2, -0.15) is 0 Å². The van der Waals surface area contributed by atoms with Gasteiger partial charge >= 0.3 is 0 Å². The van der Waals surface area contributed by atoms with E-state index in [0.717, 1.165) is 24.2 Å². The van der Waals surface area contributed by atoms with Crippen molar-refractivity contribution >= 4 is 0 Å². The van der Waals surface area contributed by atoms with Crippen LogP contribution < -0.4 is 4.74 Å². The topological polar surface area (TPSA) is 29.5 Å². The summed E-state index contributed by atoms with van der Waals surface area (Å²) in [5.41, 5.74) is 1.52. The molecule has 0 aromatic heterocycles. The zero-order valence-corrected chi connectivity index (χ0v) is 12.8. The standard InChI is InChI=1S/C17H26O2/c1-12-6-7-15(19-5)14(8-12)17(18)10-13(2)9-16(3,4)11-17/h6-8,13,18H,9-11H2,1-5H3. The Kier molecular flexibility index (Phi) is 3.65. The number of ether oxygens (including phenoxy) is 1. The van der Waals surface area contributed by atoms with Gasteiger partial charge in [-0.25, -0.2) is 0 Å². The van der Waals surface area contributed by atoms with E-state index in [9.17, 15) is 5.11 Å². The lowest BCUT2D eigenvalue weighted by Crippen LogP contribution is -2.40. The van der Waals surface area contributed by atoms with Crippen LogP contribution in [0.3, 0.4) is 0 Å². The minimum Gasteiger partial charge on any atom is -0.496 e. The molecule has 1 aromatic carbocycles. The molecule has 0 spiro atoms. The molecule has 2 atom stereocenters. The van der Waals surface area contributed by atoms with Crippen LogP contribution in [0.25, 0.3) is 0 Å². The van der Waals surface area contributed by atoms with Gasteiger partial charge in [-0.1, -0.05) is 32.4 Å². The largest absolute Gasteiger partial charge is 0.496 e. The van der Waals surface area contributed by atoms with Gasteiger partial charge in [0.1, 0.15) is 5.75 Å². The molecule has 1 aliphatic rings. The summed E-state index contributed by atoms with van der Waals surface area (Å²) in [6.45, 7) is 8.78. The number of aryl methyl sites for hydroxylation is 1. The van der Waals surface area contributed by atoms with Crippen molar-refractivity contribution in [1.82, 2.24) is 0 Å². The Labute approximate surface area is 116 Å². The summed E-state index contributed by atoms with van der Waals surface area (Å²) in [5.74, 6) is 1.33. The molecule has 0 amide bonds. The normalized spacial score (nSPS) is 30.1. The van der Waals surface area contributed by atoms with E-state index in [4.69, 9.17) is 4.74 Å². The molecule has 1 saturated carbocycles. The van der Waals surface area contributed by atoms with E-state index in [0.29, 0.717) is 5.92 Å². The van der Waals surface area contributed by atoms with Gasteiger partial charge in [-0.3, -0.25) is 0 Å². The molecule has 1 aliphatic carbocycles. The van der Waals surface area contributed by atoms with Gasteiger partial charge in [0.2, 0.25) is 0 Å². The number of hydrogen-bond acceptors (Lipinski definition) is 2. The number of aliphatic hydroxyl groups is 1. The molecule has 0 radical (unpaired) electrons. The predicted octanol–water partition coefficient (Wildman–Crippen LogP) is 4.04.